The third-order valence-corrected chi connectivity index (χ3v) is 9.35. The molecule has 4 saturated heterocycles. The van der Waals surface area contributed by atoms with Gasteiger partial charge in [0.1, 0.15) is 6.79 Å². The van der Waals surface area contributed by atoms with Gasteiger partial charge in [0, 0.05) is 49.1 Å². The van der Waals surface area contributed by atoms with Crippen molar-refractivity contribution in [2.45, 2.75) is 96.4 Å². The molecule has 2 bridgehead atoms. The van der Waals surface area contributed by atoms with E-state index >= 15 is 0 Å². The Balaban J connectivity index is 0.00000370. The molecule has 0 saturated carbocycles. The second-order valence-electron chi connectivity index (χ2n) is 13.4. The number of carbonyl (C=O) groups excluding carboxylic acids is 2. The fourth-order valence-corrected chi connectivity index (χ4v) is 7.70. The topological polar surface area (TPSA) is 74.4 Å². The van der Waals surface area contributed by atoms with Crippen molar-refractivity contribution in [3.8, 4) is 0 Å². The summed E-state index contributed by atoms with van der Waals surface area (Å²) < 4.78 is 11.2. The number of hydrogen-bond donors (Lipinski definition) is 1. The maximum atomic E-state index is 13.8. The van der Waals surface area contributed by atoms with E-state index in [1.165, 1.54) is 18.4 Å². The van der Waals surface area contributed by atoms with E-state index in [0.717, 1.165) is 32.4 Å². The Morgan fingerprint density at radius 2 is 1.68 bits per heavy atom. The standard InChI is InChI=1S/C31H48N4O4.ClH/c1-22(2)28(36)32-27(24-9-7-6-8-10-24)13-14-34-25-11-12-26(34)16-31(15-25)18-33(29(37)35(31)23(3)4)17-30(5)19-38-21-39-20-30;/h6-10,22-23,25-27H,11-21H2,1-5H3,(H,32,36);1H/t25?,26?,27-,31?;/m0./s1. The van der Waals surface area contributed by atoms with Crippen LogP contribution in [0.25, 0.3) is 0 Å². The van der Waals surface area contributed by atoms with Crippen LogP contribution in [0.5, 0.6) is 0 Å². The van der Waals surface area contributed by atoms with Gasteiger partial charge in [0.05, 0.1) is 24.8 Å². The number of nitrogens with one attached hydrogen (secondary N) is 1. The number of urea groups is 1. The predicted molar refractivity (Wildman–Crippen MR) is 158 cm³/mol. The van der Waals surface area contributed by atoms with Gasteiger partial charge in [-0.25, -0.2) is 4.79 Å². The molecule has 4 fully saturated rings. The van der Waals surface area contributed by atoms with Gasteiger partial charge in [-0.05, 0) is 51.5 Å². The van der Waals surface area contributed by atoms with Gasteiger partial charge in [0.15, 0.2) is 0 Å². The van der Waals surface area contributed by atoms with E-state index in [-0.39, 0.29) is 53.3 Å². The van der Waals surface area contributed by atoms with Crippen LogP contribution < -0.4 is 5.32 Å². The number of nitrogens with zero attached hydrogens (tertiary/aromatic N) is 3. The molecule has 1 aromatic carbocycles. The molecule has 2 unspecified atom stereocenters. The minimum absolute atomic E-state index is 0. The molecule has 3 atom stereocenters. The summed E-state index contributed by atoms with van der Waals surface area (Å²) in [6, 6.07) is 11.6. The normalized spacial score (nSPS) is 28.8. The summed E-state index contributed by atoms with van der Waals surface area (Å²) in [7, 11) is 0. The maximum absolute atomic E-state index is 13.8. The average Bonchev–Trinajstić information content (AvgIpc) is 3.30. The maximum Gasteiger partial charge on any atom is 0.320 e. The number of benzene rings is 1. The number of halogens is 1. The van der Waals surface area contributed by atoms with Crippen molar-refractivity contribution in [1.29, 1.82) is 0 Å². The van der Waals surface area contributed by atoms with Gasteiger partial charge in [-0.2, -0.15) is 0 Å². The Morgan fingerprint density at radius 3 is 2.25 bits per heavy atom. The molecule has 3 amide bonds. The molecule has 40 heavy (non-hydrogen) atoms. The Bertz CT molecular complexity index is 1000. The van der Waals surface area contributed by atoms with Crippen LogP contribution in [-0.2, 0) is 14.3 Å². The summed E-state index contributed by atoms with van der Waals surface area (Å²) in [5, 5.41) is 3.30. The van der Waals surface area contributed by atoms with Crippen molar-refractivity contribution in [1.82, 2.24) is 20.0 Å². The van der Waals surface area contributed by atoms with Gasteiger partial charge in [-0.3, -0.25) is 9.69 Å². The quantitative estimate of drug-likeness (QED) is 0.456. The number of ether oxygens (including phenoxy) is 2. The second kappa shape index (κ2) is 12.6. The molecule has 8 nitrogen and oxygen atoms in total. The second-order valence-corrected chi connectivity index (χ2v) is 13.4. The highest BCUT2D eigenvalue weighted by Crippen LogP contribution is 2.48. The largest absolute Gasteiger partial charge is 0.355 e. The fourth-order valence-electron chi connectivity index (χ4n) is 7.70. The van der Waals surface area contributed by atoms with Crippen molar-refractivity contribution >= 4 is 24.3 Å². The molecule has 224 valence electrons. The summed E-state index contributed by atoms with van der Waals surface area (Å²) in [5.74, 6) is 0.0603. The van der Waals surface area contributed by atoms with Crippen LogP contribution >= 0.6 is 12.4 Å². The van der Waals surface area contributed by atoms with Crippen molar-refractivity contribution in [3.63, 3.8) is 0 Å². The first-order valence-corrected chi connectivity index (χ1v) is 15.0. The van der Waals surface area contributed by atoms with E-state index in [0.29, 0.717) is 38.6 Å². The minimum Gasteiger partial charge on any atom is -0.355 e. The Kier molecular flexibility index (Phi) is 9.75. The molecule has 0 radical (unpaired) electrons. The van der Waals surface area contributed by atoms with Gasteiger partial charge in [-0.1, -0.05) is 51.1 Å². The average molecular weight is 577 g/mol. The van der Waals surface area contributed by atoms with Crippen LogP contribution in [0.15, 0.2) is 30.3 Å². The highest BCUT2D eigenvalue weighted by Gasteiger charge is 2.58. The van der Waals surface area contributed by atoms with Gasteiger partial charge < -0.3 is 24.6 Å². The Hall–Kier alpha value is -1.87. The third kappa shape index (κ3) is 6.30. The van der Waals surface area contributed by atoms with Crippen LogP contribution in [0.1, 0.15) is 78.3 Å². The molecule has 1 aromatic rings. The number of hydrogen-bond acceptors (Lipinski definition) is 5. The molecule has 9 heteroatoms. The first-order valence-electron chi connectivity index (χ1n) is 15.0. The predicted octanol–water partition coefficient (Wildman–Crippen LogP) is 4.83. The zero-order valence-corrected chi connectivity index (χ0v) is 25.8. The first-order chi connectivity index (χ1) is 18.6. The van der Waals surface area contributed by atoms with Gasteiger partial charge in [0.2, 0.25) is 5.91 Å². The fraction of sp³-hybridized carbons (Fsp3) is 0.742. The molecular formula is C31H49ClN4O4. The summed E-state index contributed by atoms with van der Waals surface area (Å²) in [4.78, 5) is 33.4. The number of fused-ring (bicyclic) bond motifs is 2. The lowest BCUT2D eigenvalue weighted by molar-refractivity contribution is -0.162. The molecule has 0 aliphatic carbocycles. The van der Waals surface area contributed by atoms with Gasteiger partial charge >= 0.3 is 6.03 Å². The number of rotatable bonds is 9. The zero-order chi connectivity index (χ0) is 27.8. The van der Waals surface area contributed by atoms with Crippen LogP contribution in [0, 0.1) is 11.3 Å². The molecular weight excluding hydrogens is 528 g/mol. The van der Waals surface area contributed by atoms with E-state index in [2.05, 4.69) is 52.9 Å². The minimum atomic E-state index is -0.172. The lowest BCUT2D eigenvalue weighted by Crippen LogP contribution is -2.60. The first kappa shape index (κ1) is 31.1. The van der Waals surface area contributed by atoms with E-state index in [1.807, 2.05) is 32.0 Å². The molecule has 0 aromatic heterocycles. The molecule has 1 spiro atoms. The van der Waals surface area contributed by atoms with E-state index in [9.17, 15) is 9.59 Å². The van der Waals surface area contributed by atoms with Crippen LogP contribution in [-0.4, -0.2) is 89.9 Å². The van der Waals surface area contributed by atoms with Crippen LogP contribution in [0.2, 0.25) is 0 Å². The molecule has 4 aliphatic heterocycles. The Morgan fingerprint density at radius 1 is 1.05 bits per heavy atom. The summed E-state index contributed by atoms with van der Waals surface area (Å²) >= 11 is 0. The zero-order valence-electron chi connectivity index (χ0n) is 24.9. The van der Waals surface area contributed by atoms with Crippen molar-refractivity contribution in [3.05, 3.63) is 35.9 Å². The number of piperidine rings is 1. The van der Waals surface area contributed by atoms with Gasteiger partial charge in [-0.15, -0.1) is 12.4 Å². The number of amides is 3. The smallest absolute Gasteiger partial charge is 0.320 e. The van der Waals surface area contributed by atoms with E-state index < -0.39 is 0 Å². The molecule has 4 aliphatic rings. The van der Waals surface area contributed by atoms with E-state index in [1.54, 1.807) is 0 Å². The summed E-state index contributed by atoms with van der Waals surface area (Å²) in [5.41, 5.74) is 0.874. The monoisotopic (exact) mass is 576 g/mol. The van der Waals surface area contributed by atoms with Crippen molar-refractivity contribution in [2.75, 3.05) is 39.6 Å². The summed E-state index contributed by atoms with van der Waals surface area (Å²) in [6.07, 6.45) is 5.28. The summed E-state index contributed by atoms with van der Waals surface area (Å²) in [6.45, 7) is 14.4. The third-order valence-electron chi connectivity index (χ3n) is 9.35. The SMILES string of the molecule is CC(C)C(=O)N[C@@H](CCN1C2CCC1CC1(C2)CN(CC2(C)COCOC2)C(=O)N1C(C)C)c1ccccc1.Cl. The lowest BCUT2D eigenvalue weighted by Gasteiger charge is -2.49. The van der Waals surface area contributed by atoms with Crippen molar-refractivity contribution in [2.24, 2.45) is 11.3 Å². The van der Waals surface area contributed by atoms with Crippen molar-refractivity contribution < 1.29 is 19.1 Å². The Labute approximate surface area is 246 Å². The van der Waals surface area contributed by atoms with Gasteiger partial charge in [0.25, 0.3) is 0 Å². The molecule has 4 heterocycles. The lowest BCUT2D eigenvalue weighted by atomic mass is 9.81. The van der Waals surface area contributed by atoms with E-state index in [4.69, 9.17) is 9.47 Å². The van der Waals surface area contributed by atoms with Crippen LogP contribution in [0.4, 0.5) is 4.79 Å². The molecule has 5 rings (SSSR count). The highest BCUT2D eigenvalue weighted by atomic mass is 35.5. The van der Waals surface area contributed by atoms with Crippen LogP contribution in [0.3, 0.4) is 0 Å². The molecule has 1 N–H and O–H groups in total. The highest BCUT2D eigenvalue weighted by molar-refractivity contribution is 5.85. The number of carbonyl (C=O) groups is 2.